The molecule has 0 aliphatic heterocycles. The molecule has 8 nitrogen and oxygen atoms in total. The monoisotopic (exact) mass is 589 g/mol. The summed E-state index contributed by atoms with van der Waals surface area (Å²) in [4.78, 5) is 48.8. The Morgan fingerprint density at radius 1 is 0.879 bits per heavy atom. The van der Waals surface area contributed by atoms with E-state index < -0.39 is 18.0 Å². The zero-order valence-electron chi connectivity index (χ0n) is 19.5. The van der Waals surface area contributed by atoms with Gasteiger partial charge in [-0.05, 0) is 48.9 Å². The molecule has 0 saturated heterocycles. The highest BCUT2D eigenvalue weighted by Gasteiger charge is 2.27. The second-order valence-corrected chi connectivity index (χ2v) is 9.22. The van der Waals surface area contributed by atoms with E-state index in [1.54, 1.807) is 6.92 Å². The van der Waals surface area contributed by atoms with Crippen molar-refractivity contribution in [2.45, 2.75) is 69.2 Å². The fourth-order valence-electron chi connectivity index (χ4n) is 3.05. The molecule has 184 valence electrons. The second-order valence-electron chi connectivity index (χ2n) is 8.10. The molecule has 0 aliphatic rings. The van der Waals surface area contributed by atoms with E-state index >= 15 is 0 Å². The number of hydrogen-bond donors (Lipinski definition) is 3. The molecule has 0 aliphatic carbocycles. The van der Waals surface area contributed by atoms with Crippen LogP contribution < -0.4 is 16.0 Å². The van der Waals surface area contributed by atoms with E-state index in [2.05, 4.69) is 52.5 Å². The molecular weight excluding hydrogens is 558 g/mol. The van der Waals surface area contributed by atoms with Crippen LogP contribution in [0.1, 0.15) is 57.6 Å². The molecule has 0 unspecified atom stereocenters. The van der Waals surface area contributed by atoms with Crippen LogP contribution in [0.4, 0.5) is 5.69 Å². The predicted molar refractivity (Wildman–Crippen MR) is 135 cm³/mol. The molecular formula is C23H33Br2N3O5. The van der Waals surface area contributed by atoms with E-state index in [4.69, 9.17) is 0 Å². The zero-order valence-corrected chi connectivity index (χ0v) is 22.7. The standard InChI is InChI=1S/C23H33Br2N3O5/c1-14(2)21(28-19(29)7-5-6-8-20(30)33-4)23(32)26-15(3)22(31)27-18-10-16(12-24)9-17(11-18)13-25/h9-11,14-15,21H,5-8,12-13H2,1-4H3,(H,26,32)(H,27,31)(H,28,29)/t15-,21-/m0/s1. The first kappa shape index (κ1) is 29.1. The molecule has 0 radical (unpaired) electrons. The molecule has 1 rings (SSSR count). The summed E-state index contributed by atoms with van der Waals surface area (Å²) in [6.07, 6.45) is 1.49. The highest BCUT2D eigenvalue weighted by molar-refractivity contribution is 9.08. The number of carbonyl (C=O) groups is 4. The smallest absolute Gasteiger partial charge is 0.305 e. The molecule has 0 spiro atoms. The van der Waals surface area contributed by atoms with Crippen LogP contribution in [0.15, 0.2) is 18.2 Å². The fraction of sp³-hybridized carbons (Fsp3) is 0.565. The summed E-state index contributed by atoms with van der Waals surface area (Å²) in [6, 6.07) is 4.19. The number of carbonyl (C=O) groups excluding carboxylic acids is 4. The zero-order chi connectivity index (χ0) is 25.0. The van der Waals surface area contributed by atoms with E-state index in [0.29, 0.717) is 29.2 Å². The lowest BCUT2D eigenvalue weighted by Gasteiger charge is -2.24. The average Bonchev–Trinajstić information content (AvgIpc) is 2.79. The van der Waals surface area contributed by atoms with Crippen LogP contribution in [-0.2, 0) is 34.6 Å². The van der Waals surface area contributed by atoms with Crippen molar-refractivity contribution in [1.82, 2.24) is 10.6 Å². The number of hydrogen-bond acceptors (Lipinski definition) is 5. The van der Waals surface area contributed by atoms with Gasteiger partial charge in [0.15, 0.2) is 0 Å². The molecule has 0 fully saturated rings. The number of esters is 1. The van der Waals surface area contributed by atoms with Crippen LogP contribution in [0, 0.1) is 5.92 Å². The molecule has 10 heteroatoms. The predicted octanol–water partition coefficient (Wildman–Crippen LogP) is 3.79. The van der Waals surface area contributed by atoms with Crippen LogP contribution in [0.5, 0.6) is 0 Å². The maximum absolute atomic E-state index is 12.8. The van der Waals surface area contributed by atoms with Crippen molar-refractivity contribution in [3.63, 3.8) is 0 Å². The first-order valence-corrected chi connectivity index (χ1v) is 13.1. The third-order valence-corrected chi connectivity index (χ3v) is 6.20. The third-order valence-electron chi connectivity index (χ3n) is 4.91. The van der Waals surface area contributed by atoms with Gasteiger partial charge in [0, 0.05) is 29.2 Å². The van der Waals surface area contributed by atoms with Crippen LogP contribution in [0.25, 0.3) is 0 Å². The maximum atomic E-state index is 12.8. The van der Waals surface area contributed by atoms with Crippen molar-refractivity contribution >= 4 is 61.2 Å². The van der Waals surface area contributed by atoms with Crippen molar-refractivity contribution in [3.8, 4) is 0 Å². The normalized spacial score (nSPS) is 12.6. The molecule has 3 N–H and O–H groups in total. The van der Waals surface area contributed by atoms with Crippen molar-refractivity contribution in [2.75, 3.05) is 12.4 Å². The van der Waals surface area contributed by atoms with Crippen molar-refractivity contribution < 1.29 is 23.9 Å². The minimum Gasteiger partial charge on any atom is -0.469 e. The van der Waals surface area contributed by atoms with Gasteiger partial charge in [0.2, 0.25) is 17.7 Å². The van der Waals surface area contributed by atoms with Crippen molar-refractivity contribution in [3.05, 3.63) is 29.3 Å². The maximum Gasteiger partial charge on any atom is 0.305 e. The number of alkyl halides is 2. The molecule has 0 bridgehead atoms. The number of benzene rings is 1. The van der Waals surface area contributed by atoms with Gasteiger partial charge in [0.25, 0.3) is 0 Å². The Hall–Kier alpha value is -1.94. The molecule has 0 aromatic heterocycles. The fourth-order valence-corrected chi connectivity index (χ4v) is 3.69. The van der Waals surface area contributed by atoms with Crippen LogP contribution in [-0.4, -0.2) is 42.9 Å². The van der Waals surface area contributed by atoms with Crippen molar-refractivity contribution in [2.24, 2.45) is 5.92 Å². The summed E-state index contributed by atoms with van der Waals surface area (Å²) in [5.74, 6) is -1.54. The van der Waals surface area contributed by atoms with Gasteiger partial charge >= 0.3 is 5.97 Å². The topological polar surface area (TPSA) is 114 Å². The summed E-state index contributed by atoms with van der Waals surface area (Å²) >= 11 is 6.84. The molecule has 0 heterocycles. The number of methoxy groups -OCH3 is 1. The average molecular weight is 591 g/mol. The molecule has 3 amide bonds. The van der Waals surface area contributed by atoms with Gasteiger partial charge in [-0.15, -0.1) is 0 Å². The number of unbranched alkanes of at least 4 members (excludes halogenated alkanes) is 1. The molecule has 1 aromatic carbocycles. The van der Waals surface area contributed by atoms with Gasteiger partial charge in [-0.3, -0.25) is 19.2 Å². The lowest BCUT2D eigenvalue weighted by atomic mass is 10.0. The Balaban J connectivity index is 2.64. The Kier molecular flexibility index (Phi) is 13.3. The van der Waals surface area contributed by atoms with Crippen LogP contribution in [0.2, 0.25) is 0 Å². The number of amides is 3. The van der Waals surface area contributed by atoms with E-state index in [0.717, 1.165) is 11.1 Å². The Labute approximate surface area is 212 Å². The second kappa shape index (κ2) is 15.1. The lowest BCUT2D eigenvalue weighted by Crippen LogP contribution is -2.53. The lowest BCUT2D eigenvalue weighted by molar-refractivity contribution is -0.140. The summed E-state index contributed by atoms with van der Waals surface area (Å²) < 4.78 is 4.57. The first-order valence-electron chi connectivity index (χ1n) is 10.8. The number of rotatable bonds is 13. The van der Waals surface area contributed by atoms with Gasteiger partial charge in [-0.2, -0.15) is 0 Å². The van der Waals surface area contributed by atoms with Gasteiger partial charge in [-0.1, -0.05) is 51.8 Å². The van der Waals surface area contributed by atoms with Gasteiger partial charge in [-0.25, -0.2) is 0 Å². The molecule has 0 saturated carbocycles. The number of nitrogens with one attached hydrogen (secondary N) is 3. The third kappa shape index (κ3) is 10.7. The van der Waals surface area contributed by atoms with Crippen LogP contribution in [0.3, 0.4) is 0 Å². The first-order chi connectivity index (χ1) is 15.6. The molecule has 2 atom stereocenters. The van der Waals surface area contributed by atoms with Gasteiger partial charge in [0.1, 0.15) is 12.1 Å². The van der Waals surface area contributed by atoms with Gasteiger partial charge < -0.3 is 20.7 Å². The number of ether oxygens (including phenoxy) is 1. The minimum absolute atomic E-state index is 0.170. The SMILES string of the molecule is COC(=O)CCCCC(=O)N[C@H](C(=O)N[C@@H](C)C(=O)Nc1cc(CBr)cc(CBr)c1)C(C)C. The van der Waals surface area contributed by atoms with Crippen LogP contribution >= 0.6 is 31.9 Å². The summed E-state index contributed by atoms with van der Waals surface area (Å²) in [5, 5.41) is 9.56. The summed E-state index contributed by atoms with van der Waals surface area (Å²) in [6.45, 7) is 5.24. The summed E-state index contributed by atoms with van der Waals surface area (Å²) in [5.41, 5.74) is 2.69. The Morgan fingerprint density at radius 3 is 1.97 bits per heavy atom. The minimum atomic E-state index is -0.796. The van der Waals surface area contributed by atoms with E-state index in [1.165, 1.54) is 7.11 Å². The highest BCUT2D eigenvalue weighted by Crippen LogP contribution is 2.19. The van der Waals surface area contributed by atoms with E-state index in [1.807, 2.05) is 32.0 Å². The molecule has 1 aromatic rings. The Bertz CT molecular complexity index is 810. The number of halogens is 2. The van der Waals surface area contributed by atoms with E-state index in [-0.39, 0.29) is 36.5 Å². The molecule has 33 heavy (non-hydrogen) atoms. The summed E-state index contributed by atoms with van der Waals surface area (Å²) in [7, 11) is 1.32. The number of anilines is 1. The van der Waals surface area contributed by atoms with E-state index in [9.17, 15) is 19.2 Å². The van der Waals surface area contributed by atoms with Gasteiger partial charge in [0.05, 0.1) is 7.11 Å². The Morgan fingerprint density at radius 2 is 1.45 bits per heavy atom. The van der Waals surface area contributed by atoms with Crippen molar-refractivity contribution in [1.29, 1.82) is 0 Å². The quantitative estimate of drug-likeness (QED) is 0.184. The highest BCUT2D eigenvalue weighted by atomic mass is 79.9. The largest absolute Gasteiger partial charge is 0.469 e.